The van der Waals surface area contributed by atoms with E-state index in [1.807, 2.05) is 0 Å². The number of nitrogens with two attached hydrogens (primary N) is 1. The summed E-state index contributed by atoms with van der Waals surface area (Å²) in [6.45, 7) is 0. The van der Waals surface area contributed by atoms with E-state index < -0.39 is 0 Å². The van der Waals surface area contributed by atoms with Crippen LogP contribution in [0.3, 0.4) is 0 Å². The summed E-state index contributed by atoms with van der Waals surface area (Å²) in [5.41, 5.74) is 7.10. The van der Waals surface area contributed by atoms with E-state index in [-0.39, 0.29) is 0 Å². The monoisotopic (exact) mass is 186 g/mol. The minimum atomic E-state index is 0.604. The van der Waals surface area contributed by atoms with Crippen molar-refractivity contribution in [3.8, 4) is 0 Å². The number of anilines is 2. The van der Waals surface area contributed by atoms with Crippen molar-refractivity contribution in [2.24, 2.45) is 0 Å². The van der Waals surface area contributed by atoms with E-state index in [1.54, 1.807) is 37.4 Å². The van der Waals surface area contributed by atoms with Gasteiger partial charge in [0.2, 0.25) is 0 Å². The summed E-state index contributed by atoms with van der Waals surface area (Å²) >= 11 is 5.73. The smallest absolute Gasteiger partial charge is 0.0863 e. The topological polar surface area (TPSA) is 38.5 Å². The number of hydrogen-bond donors (Lipinski definition) is 1. The van der Waals surface area contributed by atoms with Gasteiger partial charge in [0.05, 0.1) is 18.5 Å². The number of rotatable bonds is 2. The first-order valence-corrected chi connectivity index (χ1v) is 3.86. The maximum absolute atomic E-state index is 5.73. The van der Waals surface area contributed by atoms with Crippen molar-refractivity contribution in [1.82, 2.24) is 0 Å². The molecule has 0 spiro atoms. The van der Waals surface area contributed by atoms with Crippen molar-refractivity contribution < 1.29 is 4.84 Å². The van der Waals surface area contributed by atoms with E-state index in [4.69, 9.17) is 22.2 Å². The Morgan fingerprint density at radius 1 is 1.50 bits per heavy atom. The molecule has 0 saturated heterocycles. The third-order valence-electron chi connectivity index (χ3n) is 1.60. The predicted molar refractivity (Wildman–Crippen MR) is 51.3 cm³/mol. The molecule has 0 bridgehead atoms. The average Bonchev–Trinajstić information content (AvgIpc) is 2.03. The van der Waals surface area contributed by atoms with Crippen molar-refractivity contribution in [2.45, 2.75) is 0 Å². The van der Waals surface area contributed by atoms with Crippen LogP contribution >= 0.6 is 11.6 Å². The SMILES string of the molecule is CON(C)c1ccc(Cl)cc1N. The first-order valence-electron chi connectivity index (χ1n) is 3.48. The van der Waals surface area contributed by atoms with Gasteiger partial charge in [-0.25, -0.2) is 0 Å². The van der Waals surface area contributed by atoms with Gasteiger partial charge in [0.25, 0.3) is 0 Å². The molecule has 0 fully saturated rings. The van der Waals surface area contributed by atoms with E-state index in [0.717, 1.165) is 5.69 Å². The Morgan fingerprint density at radius 3 is 2.67 bits per heavy atom. The average molecular weight is 187 g/mol. The second-order valence-electron chi connectivity index (χ2n) is 2.38. The molecule has 1 aromatic rings. The summed E-state index contributed by atoms with van der Waals surface area (Å²) in [4.78, 5) is 4.97. The molecular formula is C8H11ClN2O. The molecule has 0 heterocycles. The molecule has 0 amide bonds. The van der Waals surface area contributed by atoms with Gasteiger partial charge in [0.1, 0.15) is 0 Å². The van der Waals surface area contributed by atoms with Crippen molar-refractivity contribution in [2.75, 3.05) is 25.0 Å². The standard InChI is InChI=1S/C8H11ClN2O/c1-11(12-2)8-4-3-6(9)5-7(8)10/h3-5H,10H2,1-2H3. The Hall–Kier alpha value is -0.930. The number of benzene rings is 1. The molecule has 1 aromatic carbocycles. The largest absolute Gasteiger partial charge is 0.397 e. The summed E-state index contributed by atoms with van der Waals surface area (Å²) in [6.07, 6.45) is 0. The fourth-order valence-electron chi connectivity index (χ4n) is 0.910. The lowest BCUT2D eigenvalue weighted by atomic mass is 10.3. The second-order valence-corrected chi connectivity index (χ2v) is 2.82. The third kappa shape index (κ3) is 1.81. The van der Waals surface area contributed by atoms with Crippen LogP contribution in [0.25, 0.3) is 0 Å². The van der Waals surface area contributed by atoms with Crippen LogP contribution in [-0.2, 0) is 4.84 Å². The Labute approximate surface area is 76.6 Å². The summed E-state index contributed by atoms with van der Waals surface area (Å²) in [6, 6.07) is 5.26. The molecule has 0 aliphatic carbocycles. The second kappa shape index (κ2) is 3.65. The van der Waals surface area contributed by atoms with Crippen molar-refractivity contribution >= 4 is 23.0 Å². The van der Waals surface area contributed by atoms with Crippen molar-refractivity contribution in [3.63, 3.8) is 0 Å². The number of nitrogens with zero attached hydrogens (tertiary/aromatic N) is 1. The van der Waals surface area contributed by atoms with Crippen LogP contribution in [-0.4, -0.2) is 14.2 Å². The lowest BCUT2D eigenvalue weighted by molar-refractivity contribution is 0.185. The summed E-state index contributed by atoms with van der Waals surface area (Å²) in [5, 5.41) is 2.20. The maximum atomic E-state index is 5.73. The van der Waals surface area contributed by atoms with Crippen LogP contribution in [0, 0.1) is 0 Å². The van der Waals surface area contributed by atoms with Gasteiger partial charge in [-0.15, -0.1) is 0 Å². The molecule has 0 aromatic heterocycles. The van der Waals surface area contributed by atoms with Crippen LogP contribution < -0.4 is 10.8 Å². The number of hydroxylamine groups is 1. The highest BCUT2D eigenvalue weighted by atomic mass is 35.5. The lowest BCUT2D eigenvalue weighted by Gasteiger charge is -2.17. The fraction of sp³-hybridized carbons (Fsp3) is 0.250. The zero-order chi connectivity index (χ0) is 9.14. The fourth-order valence-corrected chi connectivity index (χ4v) is 1.09. The van der Waals surface area contributed by atoms with E-state index >= 15 is 0 Å². The van der Waals surface area contributed by atoms with Gasteiger partial charge in [-0.05, 0) is 18.2 Å². The number of halogens is 1. The minimum absolute atomic E-state index is 0.604. The third-order valence-corrected chi connectivity index (χ3v) is 1.84. The van der Waals surface area contributed by atoms with Crippen LogP contribution in [0.15, 0.2) is 18.2 Å². The Morgan fingerprint density at radius 2 is 2.17 bits per heavy atom. The highest BCUT2D eigenvalue weighted by Gasteiger charge is 2.03. The summed E-state index contributed by atoms with van der Waals surface area (Å²) in [7, 11) is 3.35. The van der Waals surface area contributed by atoms with Gasteiger partial charge in [0, 0.05) is 12.1 Å². The Kier molecular flexibility index (Phi) is 2.78. The minimum Gasteiger partial charge on any atom is -0.397 e. The van der Waals surface area contributed by atoms with E-state index in [0.29, 0.717) is 10.7 Å². The highest BCUT2D eigenvalue weighted by Crippen LogP contribution is 2.25. The van der Waals surface area contributed by atoms with Crippen molar-refractivity contribution in [1.29, 1.82) is 0 Å². The quantitative estimate of drug-likeness (QED) is 0.567. The molecule has 0 aliphatic heterocycles. The van der Waals surface area contributed by atoms with Gasteiger partial charge in [-0.1, -0.05) is 11.6 Å². The predicted octanol–water partition coefficient (Wildman–Crippen LogP) is 1.92. The van der Waals surface area contributed by atoms with Crippen LogP contribution in [0.2, 0.25) is 5.02 Å². The van der Waals surface area contributed by atoms with Gasteiger partial charge >= 0.3 is 0 Å². The zero-order valence-electron chi connectivity index (χ0n) is 7.04. The molecule has 4 heteroatoms. The molecule has 1 rings (SSSR count). The lowest BCUT2D eigenvalue weighted by Crippen LogP contribution is -2.16. The number of nitrogen functional groups attached to an aromatic ring is 1. The van der Waals surface area contributed by atoms with Gasteiger partial charge in [-0.2, -0.15) is 0 Å². The Bertz CT molecular complexity index is 278. The van der Waals surface area contributed by atoms with Gasteiger partial charge in [-0.3, -0.25) is 9.90 Å². The molecule has 0 unspecified atom stereocenters. The van der Waals surface area contributed by atoms with E-state index in [1.165, 1.54) is 0 Å². The normalized spacial score (nSPS) is 9.92. The highest BCUT2D eigenvalue weighted by molar-refractivity contribution is 6.31. The summed E-state index contributed by atoms with van der Waals surface area (Å²) in [5.74, 6) is 0. The molecule has 0 atom stereocenters. The summed E-state index contributed by atoms with van der Waals surface area (Å²) < 4.78 is 0. The molecule has 2 N–H and O–H groups in total. The van der Waals surface area contributed by atoms with Gasteiger partial charge < -0.3 is 5.73 Å². The zero-order valence-corrected chi connectivity index (χ0v) is 7.80. The molecule has 66 valence electrons. The molecule has 0 saturated carbocycles. The van der Waals surface area contributed by atoms with E-state index in [9.17, 15) is 0 Å². The first-order chi connectivity index (χ1) is 5.65. The van der Waals surface area contributed by atoms with Crippen molar-refractivity contribution in [3.05, 3.63) is 23.2 Å². The molecule has 0 aliphatic rings. The number of hydrogen-bond acceptors (Lipinski definition) is 3. The van der Waals surface area contributed by atoms with E-state index in [2.05, 4.69) is 0 Å². The maximum Gasteiger partial charge on any atom is 0.0863 e. The first kappa shape index (κ1) is 9.16. The van der Waals surface area contributed by atoms with Crippen LogP contribution in [0.4, 0.5) is 11.4 Å². The molecular weight excluding hydrogens is 176 g/mol. The Balaban J connectivity index is 3.01. The molecule has 3 nitrogen and oxygen atoms in total. The molecule has 12 heavy (non-hydrogen) atoms. The van der Waals surface area contributed by atoms with Gasteiger partial charge in [0.15, 0.2) is 0 Å². The van der Waals surface area contributed by atoms with Crippen LogP contribution in [0.1, 0.15) is 0 Å². The molecule has 0 radical (unpaired) electrons. The van der Waals surface area contributed by atoms with Crippen LogP contribution in [0.5, 0.6) is 0 Å².